The van der Waals surface area contributed by atoms with Crippen molar-refractivity contribution in [1.82, 2.24) is 0 Å². The Kier molecular flexibility index (Phi) is 2.22. The van der Waals surface area contributed by atoms with Gasteiger partial charge in [0, 0.05) is 6.42 Å². The molecule has 52 valence electrons. The van der Waals surface area contributed by atoms with Crippen LogP contribution in [0.2, 0.25) is 0 Å². The Morgan fingerprint density at radius 2 is 2.40 bits per heavy atom. The molecule has 1 aliphatic rings. The van der Waals surface area contributed by atoms with Crippen molar-refractivity contribution in [2.45, 2.75) is 25.7 Å². The van der Waals surface area contributed by atoms with E-state index in [-0.39, 0.29) is 5.78 Å². The van der Waals surface area contributed by atoms with Gasteiger partial charge in [-0.25, -0.2) is 0 Å². The van der Waals surface area contributed by atoms with Crippen molar-refractivity contribution >= 4 is 5.78 Å². The molecule has 0 aromatic heterocycles. The largest absolute Gasteiger partial charge is 0.295 e. The molecule has 0 atom stereocenters. The van der Waals surface area contributed by atoms with Crippen LogP contribution in [0.3, 0.4) is 0 Å². The van der Waals surface area contributed by atoms with Gasteiger partial charge in [-0.2, -0.15) is 5.26 Å². The summed E-state index contributed by atoms with van der Waals surface area (Å²) in [6, 6.07) is 2.04. The van der Waals surface area contributed by atoms with E-state index < -0.39 is 0 Å². The van der Waals surface area contributed by atoms with Crippen LogP contribution in [0.25, 0.3) is 0 Å². The van der Waals surface area contributed by atoms with Crippen molar-refractivity contribution in [3.8, 4) is 6.07 Å². The number of nitriles is 1. The lowest BCUT2D eigenvalue weighted by molar-refractivity contribution is -0.115. The smallest absolute Gasteiger partial charge is 0.155 e. The number of carbonyl (C=O) groups excluding carboxylic acids is 1. The summed E-state index contributed by atoms with van der Waals surface area (Å²) in [5.41, 5.74) is 0.999. The van der Waals surface area contributed by atoms with E-state index in [9.17, 15) is 4.79 Å². The fraction of sp³-hybridized carbons (Fsp3) is 0.500. The summed E-state index contributed by atoms with van der Waals surface area (Å²) in [6.45, 7) is 0. The SMILES string of the molecule is N#CCC1=CC(=O)CCC1. The zero-order chi connectivity index (χ0) is 7.40. The fourth-order valence-corrected chi connectivity index (χ4v) is 1.10. The number of carbonyl (C=O) groups is 1. The predicted octanol–water partition coefficient (Wildman–Crippen LogP) is 1.58. The first-order chi connectivity index (χ1) is 4.83. The molecule has 10 heavy (non-hydrogen) atoms. The van der Waals surface area contributed by atoms with E-state index in [1.807, 2.05) is 6.07 Å². The van der Waals surface area contributed by atoms with Gasteiger partial charge in [-0.15, -0.1) is 0 Å². The molecule has 0 bridgehead atoms. The van der Waals surface area contributed by atoms with Crippen molar-refractivity contribution in [1.29, 1.82) is 5.26 Å². The summed E-state index contributed by atoms with van der Waals surface area (Å²) in [4.78, 5) is 10.8. The molecule has 0 aromatic rings. The third-order valence-corrected chi connectivity index (χ3v) is 1.59. The number of hydrogen-bond donors (Lipinski definition) is 0. The highest BCUT2D eigenvalue weighted by atomic mass is 16.1. The predicted molar refractivity (Wildman–Crippen MR) is 37.2 cm³/mol. The molecule has 0 saturated heterocycles. The van der Waals surface area contributed by atoms with Crippen LogP contribution in [0.15, 0.2) is 11.6 Å². The third kappa shape index (κ3) is 1.70. The summed E-state index contributed by atoms with van der Waals surface area (Å²) >= 11 is 0. The molecular weight excluding hydrogens is 126 g/mol. The topological polar surface area (TPSA) is 40.9 Å². The van der Waals surface area contributed by atoms with Crippen molar-refractivity contribution in [2.75, 3.05) is 0 Å². The second-order valence-corrected chi connectivity index (χ2v) is 2.46. The van der Waals surface area contributed by atoms with E-state index in [1.54, 1.807) is 6.08 Å². The lowest BCUT2D eigenvalue weighted by Crippen LogP contribution is -2.01. The maximum Gasteiger partial charge on any atom is 0.155 e. The van der Waals surface area contributed by atoms with Crippen LogP contribution in [0.1, 0.15) is 25.7 Å². The average molecular weight is 135 g/mol. The minimum atomic E-state index is 0.177. The molecule has 0 unspecified atom stereocenters. The first-order valence-electron chi connectivity index (χ1n) is 3.42. The normalized spacial score (nSPS) is 17.9. The van der Waals surface area contributed by atoms with Gasteiger partial charge in [0.2, 0.25) is 0 Å². The summed E-state index contributed by atoms with van der Waals surface area (Å²) in [5.74, 6) is 0.177. The van der Waals surface area contributed by atoms with Gasteiger partial charge in [-0.1, -0.05) is 5.57 Å². The third-order valence-electron chi connectivity index (χ3n) is 1.59. The summed E-state index contributed by atoms with van der Waals surface area (Å²) in [6.07, 6.45) is 4.55. The maximum absolute atomic E-state index is 10.8. The van der Waals surface area contributed by atoms with Gasteiger partial charge < -0.3 is 0 Å². The second kappa shape index (κ2) is 3.17. The molecule has 0 aliphatic heterocycles. The number of nitrogens with zero attached hydrogens (tertiary/aromatic N) is 1. The second-order valence-electron chi connectivity index (χ2n) is 2.46. The molecule has 0 spiro atoms. The van der Waals surface area contributed by atoms with Crippen LogP contribution in [0, 0.1) is 11.3 Å². The van der Waals surface area contributed by atoms with Crippen molar-refractivity contribution in [3.05, 3.63) is 11.6 Å². The highest BCUT2D eigenvalue weighted by Gasteiger charge is 2.08. The molecule has 2 nitrogen and oxygen atoms in total. The Morgan fingerprint density at radius 1 is 1.60 bits per heavy atom. The van der Waals surface area contributed by atoms with Crippen LogP contribution in [0.5, 0.6) is 0 Å². The first kappa shape index (κ1) is 7.01. The Morgan fingerprint density at radius 3 is 3.00 bits per heavy atom. The summed E-state index contributed by atoms with van der Waals surface area (Å²) in [7, 11) is 0. The molecule has 0 aromatic carbocycles. The Hall–Kier alpha value is -1.10. The van der Waals surface area contributed by atoms with E-state index in [4.69, 9.17) is 5.26 Å². The van der Waals surface area contributed by atoms with Gasteiger partial charge in [-0.05, 0) is 18.9 Å². The molecule has 0 heterocycles. The van der Waals surface area contributed by atoms with E-state index in [2.05, 4.69) is 0 Å². The van der Waals surface area contributed by atoms with Gasteiger partial charge in [0.25, 0.3) is 0 Å². The molecule has 0 N–H and O–H groups in total. The maximum atomic E-state index is 10.8. The van der Waals surface area contributed by atoms with E-state index in [0.29, 0.717) is 12.8 Å². The van der Waals surface area contributed by atoms with Gasteiger partial charge in [-0.3, -0.25) is 4.79 Å². The molecular formula is C8H9NO. The zero-order valence-electron chi connectivity index (χ0n) is 5.76. The zero-order valence-corrected chi connectivity index (χ0v) is 5.76. The van der Waals surface area contributed by atoms with E-state index in [0.717, 1.165) is 18.4 Å². The van der Waals surface area contributed by atoms with Crippen LogP contribution in [-0.4, -0.2) is 5.78 Å². The summed E-state index contributed by atoms with van der Waals surface area (Å²) in [5, 5.41) is 8.30. The molecule has 0 saturated carbocycles. The minimum absolute atomic E-state index is 0.177. The monoisotopic (exact) mass is 135 g/mol. The van der Waals surface area contributed by atoms with E-state index in [1.165, 1.54) is 0 Å². The van der Waals surface area contributed by atoms with Gasteiger partial charge in [0.05, 0.1) is 12.5 Å². The van der Waals surface area contributed by atoms with Crippen molar-refractivity contribution in [3.63, 3.8) is 0 Å². The molecule has 1 rings (SSSR count). The average Bonchev–Trinajstić information content (AvgIpc) is 1.88. The molecule has 0 fully saturated rings. The molecule has 0 radical (unpaired) electrons. The number of hydrogen-bond acceptors (Lipinski definition) is 2. The lowest BCUT2D eigenvalue weighted by Gasteiger charge is -2.07. The number of rotatable bonds is 1. The fourth-order valence-electron chi connectivity index (χ4n) is 1.10. The molecule has 0 amide bonds. The number of allylic oxidation sites excluding steroid dienone is 2. The lowest BCUT2D eigenvalue weighted by atomic mass is 9.97. The Balaban J connectivity index is 2.59. The van der Waals surface area contributed by atoms with Crippen molar-refractivity contribution < 1.29 is 4.79 Å². The van der Waals surface area contributed by atoms with Gasteiger partial charge >= 0.3 is 0 Å². The van der Waals surface area contributed by atoms with Gasteiger partial charge in [0.1, 0.15) is 0 Å². The minimum Gasteiger partial charge on any atom is -0.295 e. The Labute approximate surface area is 60.2 Å². The first-order valence-corrected chi connectivity index (χ1v) is 3.42. The van der Waals surface area contributed by atoms with Crippen LogP contribution >= 0.6 is 0 Å². The van der Waals surface area contributed by atoms with Crippen LogP contribution < -0.4 is 0 Å². The highest BCUT2D eigenvalue weighted by molar-refractivity contribution is 5.91. The summed E-state index contributed by atoms with van der Waals surface area (Å²) < 4.78 is 0. The quantitative estimate of drug-likeness (QED) is 0.547. The number of ketones is 1. The molecule has 2 heteroatoms. The van der Waals surface area contributed by atoms with Crippen molar-refractivity contribution in [2.24, 2.45) is 0 Å². The van der Waals surface area contributed by atoms with Crippen LogP contribution in [0.4, 0.5) is 0 Å². The van der Waals surface area contributed by atoms with Gasteiger partial charge in [0.15, 0.2) is 5.78 Å². The van der Waals surface area contributed by atoms with E-state index >= 15 is 0 Å². The molecule has 1 aliphatic carbocycles. The Bertz CT molecular complexity index is 210. The standard InChI is InChI=1S/C8H9NO/c9-5-4-7-2-1-3-8(10)6-7/h6H,1-4H2. The highest BCUT2D eigenvalue weighted by Crippen LogP contribution is 2.16. The van der Waals surface area contributed by atoms with Crippen LogP contribution in [-0.2, 0) is 4.79 Å².